The number of carbonyl (C=O) groups is 2. The average molecular weight is 399 g/mol. The van der Waals surface area contributed by atoms with Crippen LogP contribution in [0.4, 0.5) is 5.82 Å². The Bertz CT molecular complexity index is 905. The summed E-state index contributed by atoms with van der Waals surface area (Å²) in [6, 6.07) is 6.84. The number of fused-ring (bicyclic) bond motifs is 1. The molecular weight excluding hydrogens is 374 g/mol. The van der Waals surface area contributed by atoms with Gasteiger partial charge in [0.1, 0.15) is 25.0 Å². The maximum absolute atomic E-state index is 12.6. The van der Waals surface area contributed by atoms with Crippen molar-refractivity contribution >= 4 is 17.6 Å². The highest BCUT2D eigenvalue weighted by Gasteiger charge is 2.35. The number of anilines is 1. The molecule has 29 heavy (non-hydrogen) atoms. The molecule has 1 saturated carbocycles. The van der Waals surface area contributed by atoms with Crippen molar-refractivity contribution in [2.45, 2.75) is 45.1 Å². The molecule has 1 aliphatic carbocycles. The number of benzene rings is 1. The number of aryl methyl sites for hydroxylation is 1. The van der Waals surface area contributed by atoms with E-state index >= 15 is 0 Å². The zero-order chi connectivity index (χ0) is 20.4. The molecular formula is C21H25N3O5. The van der Waals surface area contributed by atoms with Gasteiger partial charge in [0.05, 0.1) is 0 Å². The minimum absolute atomic E-state index is 0.0966. The standard InChI is InChI=1S/C21H25N3O5/c1-12-9-19(24-29-12)23-21(26)13(2)22-20(25)11-16(14-3-4-14)15-5-6-17-18(10-15)28-8-7-27-17/h5-6,9-10,13-14,16H,3-4,7-8,11H2,1-2H3,(H,22,25)(H,23,24,26)/t13-,16?/m0/s1. The van der Waals surface area contributed by atoms with Gasteiger partial charge in [-0.3, -0.25) is 9.59 Å². The normalized spacial score (nSPS) is 17.3. The lowest BCUT2D eigenvalue weighted by atomic mass is 9.90. The number of amides is 2. The van der Waals surface area contributed by atoms with Gasteiger partial charge < -0.3 is 24.6 Å². The van der Waals surface area contributed by atoms with Gasteiger partial charge in [-0.05, 0) is 56.2 Å². The van der Waals surface area contributed by atoms with E-state index in [1.54, 1.807) is 19.9 Å². The van der Waals surface area contributed by atoms with Crippen LogP contribution in [0.3, 0.4) is 0 Å². The summed E-state index contributed by atoms with van der Waals surface area (Å²) in [5, 5.41) is 9.15. The first kappa shape index (κ1) is 19.3. The first-order valence-corrected chi connectivity index (χ1v) is 9.92. The fourth-order valence-corrected chi connectivity index (χ4v) is 3.57. The molecule has 2 N–H and O–H groups in total. The van der Waals surface area contributed by atoms with Crippen molar-refractivity contribution in [3.8, 4) is 11.5 Å². The Balaban J connectivity index is 1.37. The molecule has 8 nitrogen and oxygen atoms in total. The molecule has 2 atom stereocenters. The van der Waals surface area contributed by atoms with Gasteiger partial charge in [-0.1, -0.05) is 11.2 Å². The molecule has 8 heteroatoms. The molecule has 1 aromatic heterocycles. The average Bonchev–Trinajstić information content (AvgIpc) is 3.47. The highest BCUT2D eigenvalue weighted by Crippen LogP contribution is 2.46. The van der Waals surface area contributed by atoms with Crippen LogP contribution >= 0.6 is 0 Å². The van der Waals surface area contributed by atoms with Crippen LogP contribution in [0, 0.1) is 12.8 Å². The van der Waals surface area contributed by atoms with E-state index in [0.717, 1.165) is 29.9 Å². The molecule has 0 radical (unpaired) electrons. The Hall–Kier alpha value is -3.03. The van der Waals surface area contributed by atoms with Crippen molar-refractivity contribution in [1.29, 1.82) is 0 Å². The summed E-state index contributed by atoms with van der Waals surface area (Å²) in [5.41, 5.74) is 1.07. The van der Waals surface area contributed by atoms with Crippen LogP contribution in [0.25, 0.3) is 0 Å². The van der Waals surface area contributed by atoms with E-state index in [0.29, 0.717) is 37.1 Å². The SMILES string of the molecule is Cc1cc(NC(=O)[C@H](C)NC(=O)CC(c2ccc3c(c2)OCCO3)C2CC2)no1. The molecule has 4 rings (SSSR count). The summed E-state index contributed by atoms with van der Waals surface area (Å²) >= 11 is 0. The fraction of sp³-hybridized carbons (Fsp3) is 0.476. The smallest absolute Gasteiger partial charge is 0.247 e. The molecule has 1 fully saturated rings. The largest absolute Gasteiger partial charge is 0.486 e. The Morgan fingerprint density at radius 1 is 1.17 bits per heavy atom. The number of carbonyl (C=O) groups excluding carboxylic acids is 2. The van der Waals surface area contributed by atoms with Crippen LogP contribution in [0.5, 0.6) is 11.5 Å². The Morgan fingerprint density at radius 3 is 2.62 bits per heavy atom. The van der Waals surface area contributed by atoms with Crippen LogP contribution in [-0.2, 0) is 9.59 Å². The zero-order valence-corrected chi connectivity index (χ0v) is 16.6. The van der Waals surface area contributed by atoms with Crippen molar-refractivity contribution in [2.75, 3.05) is 18.5 Å². The molecule has 154 valence electrons. The number of hydrogen-bond donors (Lipinski definition) is 2. The number of rotatable bonds is 7. The summed E-state index contributed by atoms with van der Waals surface area (Å²) in [4.78, 5) is 24.9. The summed E-state index contributed by atoms with van der Waals surface area (Å²) in [6.45, 7) is 4.47. The van der Waals surface area contributed by atoms with E-state index in [1.165, 1.54) is 0 Å². The zero-order valence-electron chi connectivity index (χ0n) is 16.6. The monoisotopic (exact) mass is 399 g/mol. The van der Waals surface area contributed by atoms with Crippen LogP contribution in [0.15, 0.2) is 28.8 Å². The minimum atomic E-state index is -0.681. The van der Waals surface area contributed by atoms with Crippen LogP contribution in [0.1, 0.15) is 43.4 Å². The van der Waals surface area contributed by atoms with Gasteiger partial charge in [0.25, 0.3) is 0 Å². The molecule has 2 aliphatic rings. The van der Waals surface area contributed by atoms with Crippen molar-refractivity contribution in [3.63, 3.8) is 0 Å². The topological polar surface area (TPSA) is 103 Å². The van der Waals surface area contributed by atoms with E-state index in [4.69, 9.17) is 14.0 Å². The number of nitrogens with one attached hydrogen (secondary N) is 2. The predicted octanol–water partition coefficient (Wildman–Crippen LogP) is 2.78. The van der Waals surface area contributed by atoms with E-state index in [-0.39, 0.29) is 17.7 Å². The van der Waals surface area contributed by atoms with Crippen molar-refractivity contribution < 1.29 is 23.6 Å². The first-order chi connectivity index (χ1) is 14.0. The molecule has 1 unspecified atom stereocenters. The second kappa shape index (κ2) is 8.14. The van der Waals surface area contributed by atoms with Gasteiger partial charge in [-0.2, -0.15) is 0 Å². The van der Waals surface area contributed by atoms with E-state index in [1.807, 2.05) is 18.2 Å². The summed E-state index contributed by atoms with van der Waals surface area (Å²) < 4.78 is 16.2. The second-order valence-electron chi connectivity index (χ2n) is 7.65. The number of nitrogens with zero attached hydrogens (tertiary/aromatic N) is 1. The second-order valence-corrected chi connectivity index (χ2v) is 7.65. The highest BCUT2D eigenvalue weighted by molar-refractivity contribution is 5.96. The highest BCUT2D eigenvalue weighted by atomic mass is 16.6. The minimum Gasteiger partial charge on any atom is -0.486 e. The predicted molar refractivity (Wildman–Crippen MR) is 105 cm³/mol. The molecule has 0 saturated heterocycles. The number of ether oxygens (including phenoxy) is 2. The lowest BCUT2D eigenvalue weighted by Gasteiger charge is -2.22. The van der Waals surface area contributed by atoms with E-state index < -0.39 is 6.04 Å². The fourth-order valence-electron chi connectivity index (χ4n) is 3.57. The van der Waals surface area contributed by atoms with Gasteiger partial charge in [-0.25, -0.2) is 0 Å². The summed E-state index contributed by atoms with van der Waals surface area (Å²) in [5.74, 6) is 2.49. The lowest BCUT2D eigenvalue weighted by molar-refractivity contribution is -0.126. The maximum atomic E-state index is 12.6. The van der Waals surface area contributed by atoms with Crippen LogP contribution in [-0.4, -0.2) is 36.2 Å². The molecule has 1 aromatic carbocycles. The van der Waals surface area contributed by atoms with Crippen molar-refractivity contribution in [3.05, 3.63) is 35.6 Å². The van der Waals surface area contributed by atoms with Gasteiger partial charge in [0.2, 0.25) is 11.8 Å². The van der Waals surface area contributed by atoms with Crippen LogP contribution < -0.4 is 20.1 Å². The molecule has 0 spiro atoms. The van der Waals surface area contributed by atoms with Gasteiger partial charge in [-0.15, -0.1) is 0 Å². The van der Waals surface area contributed by atoms with Crippen molar-refractivity contribution in [1.82, 2.24) is 10.5 Å². The Kier molecular flexibility index (Phi) is 5.42. The van der Waals surface area contributed by atoms with Crippen LogP contribution in [0.2, 0.25) is 0 Å². The molecule has 1 aliphatic heterocycles. The third-order valence-electron chi connectivity index (χ3n) is 5.24. The van der Waals surface area contributed by atoms with E-state index in [9.17, 15) is 9.59 Å². The quantitative estimate of drug-likeness (QED) is 0.742. The summed E-state index contributed by atoms with van der Waals surface area (Å²) in [6.07, 6.45) is 2.53. The molecule has 2 aromatic rings. The van der Waals surface area contributed by atoms with Gasteiger partial charge >= 0.3 is 0 Å². The van der Waals surface area contributed by atoms with Crippen molar-refractivity contribution in [2.24, 2.45) is 5.92 Å². The first-order valence-electron chi connectivity index (χ1n) is 9.92. The Labute approximate surface area is 168 Å². The third kappa shape index (κ3) is 4.70. The number of hydrogen-bond acceptors (Lipinski definition) is 6. The maximum Gasteiger partial charge on any atom is 0.247 e. The lowest BCUT2D eigenvalue weighted by Crippen LogP contribution is -2.42. The molecule has 0 bridgehead atoms. The Morgan fingerprint density at radius 2 is 1.93 bits per heavy atom. The summed E-state index contributed by atoms with van der Waals surface area (Å²) in [7, 11) is 0. The van der Waals surface area contributed by atoms with E-state index in [2.05, 4.69) is 15.8 Å². The molecule has 2 amide bonds. The third-order valence-corrected chi connectivity index (χ3v) is 5.24. The molecule has 2 heterocycles. The van der Waals surface area contributed by atoms with Gasteiger partial charge in [0.15, 0.2) is 17.3 Å². The van der Waals surface area contributed by atoms with Gasteiger partial charge in [0, 0.05) is 12.5 Å². The number of aromatic nitrogens is 1.